The topological polar surface area (TPSA) is 57.5 Å². The summed E-state index contributed by atoms with van der Waals surface area (Å²) < 4.78 is 1.81. The highest BCUT2D eigenvalue weighted by atomic mass is 127. The van der Waals surface area contributed by atoms with Gasteiger partial charge in [-0.3, -0.25) is 9.67 Å². The molecule has 0 aliphatic rings. The lowest BCUT2D eigenvalue weighted by Gasteiger charge is -2.24. The summed E-state index contributed by atoms with van der Waals surface area (Å²) in [5, 5.41) is 11.0. The smallest absolute Gasteiger partial charge is 0.193 e. The summed E-state index contributed by atoms with van der Waals surface area (Å²) >= 11 is 0. The molecule has 1 aromatic heterocycles. The second-order valence-electron chi connectivity index (χ2n) is 6.03. The van der Waals surface area contributed by atoms with Gasteiger partial charge in [-0.05, 0) is 20.8 Å². The molecule has 1 aromatic rings. The number of guanidine groups is 1. The third-order valence-electron chi connectivity index (χ3n) is 2.81. The minimum atomic E-state index is 0. The van der Waals surface area contributed by atoms with Crippen LogP contribution in [-0.2, 0) is 13.6 Å². The molecular formula is C14H29IN6. The average Bonchev–Trinajstić information content (AvgIpc) is 2.73. The lowest BCUT2D eigenvalue weighted by atomic mass is 10.1. The van der Waals surface area contributed by atoms with Crippen LogP contribution in [0.15, 0.2) is 17.4 Å². The van der Waals surface area contributed by atoms with E-state index in [4.69, 9.17) is 0 Å². The molecule has 0 fully saturated rings. The van der Waals surface area contributed by atoms with Crippen LogP contribution in [0.1, 0.15) is 26.3 Å². The van der Waals surface area contributed by atoms with E-state index in [1.807, 2.05) is 31.2 Å². The van der Waals surface area contributed by atoms with Crippen molar-refractivity contribution in [1.29, 1.82) is 0 Å². The largest absolute Gasteiger partial charge is 0.355 e. The zero-order chi connectivity index (χ0) is 15.2. The standard InChI is InChI=1S/C14H28N6.HI/c1-14(2,3)17-8-7-16-13(15-4)19(5)10-12-9-18-20(6)11-12;/h9,11,17H,7-8,10H2,1-6H3,(H,15,16);1H. The van der Waals surface area contributed by atoms with Crippen molar-refractivity contribution in [2.24, 2.45) is 12.0 Å². The van der Waals surface area contributed by atoms with Crippen LogP contribution in [-0.4, -0.2) is 53.4 Å². The molecule has 7 heteroatoms. The predicted octanol–water partition coefficient (Wildman–Crippen LogP) is 1.43. The highest BCUT2D eigenvalue weighted by Crippen LogP contribution is 2.01. The van der Waals surface area contributed by atoms with Crippen LogP contribution in [0.2, 0.25) is 0 Å². The fraction of sp³-hybridized carbons (Fsp3) is 0.714. The van der Waals surface area contributed by atoms with Gasteiger partial charge in [-0.1, -0.05) is 0 Å². The van der Waals surface area contributed by atoms with Gasteiger partial charge in [0.1, 0.15) is 0 Å². The van der Waals surface area contributed by atoms with Gasteiger partial charge in [0.2, 0.25) is 0 Å². The number of nitrogens with one attached hydrogen (secondary N) is 2. The highest BCUT2D eigenvalue weighted by Gasteiger charge is 2.09. The Kier molecular flexibility index (Phi) is 8.88. The van der Waals surface area contributed by atoms with Crippen molar-refractivity contribution in [3.63, 3.8) is 0 Å². The first-order valence-corrected chi connectivity index (χ1v) is 6.96. The van der Waals surface area contributed by atoms with Crippen molar-refractivity contribution in [2.75, 3.05) is 27.2 Å². The fourth-order valence-electron chi connectivity index (χ4n) is 1.90. The molecule has 21 heavy (non-hydrogen) atoms. The monoisotopic (exact) mass is 408 g/mol. The number of aromatic nitrogens is 2. The van der Waals surface area contributed by atoms with E-state index in [1.54, 1.807) is 7.05 Å². The minimum absolute atomic E-state index is 0. The third kappa shape index (κ3) is 8.25. The summed E-state index contributed by atoms with van der Waals surface area (Å²) in [5.41, 5.74) is 1.32. The van der Waals surface area contributed by atoms with Gasteiger partial charge in [-0.25, -0.2) is 0 Å². The van der Waals surface area contributed by atoms with Crippen LogP contribution in [0.25, 0.3) is 0 Å². The zero-order valence-corrected chi connectivity index (χ0v) is 16.3. The number of aliphatic imine (C=N–C) groups is 1. The molecule has 1 heterocycles. The fourth-order valence-corrected chi connectivity index (χ4v) is 1.90. The summed E-state index contributed by atoms with van der Waals surface area (Å²) in [7, 11) is 5.76. The van der Waals surface area contributed by atoms with E-state index in [9.17, 15) is 0 Å². The molecule has 0 atom stereocenters. The second-order valence-corrected chi connectivity index (χ2v) is 6.03. The van der Waals surface area contributed by atoms with Gasteiger partial charge in [-0.2, -0.15) is 5.10 Å². The van der Waals surface area contributed by atoms with Crippen molar-refractivity contribution in [1.82, 2.24) is 25.3 Å². The molecule has 2 N–H and O–H groups in total. The first kappa shape index (κ1) is 20.2. The summed E-state index contributed by atoms with van der Waals surface area (Å²) in [4.78, 5) is 6.39. The zero-order valence-electron chi connectivity index (χ0n) is 14.0. The normalized spacial score (nSPS) is 12.0. The Balaban J connectivity index is 0.00000400. The number of halogens is 1. The van der Waals surface area contributed by atoms with Crippen molar-refractivity contribution in [2.45, 2.75) is 32.9 Å². The highest BCUT2D eigenvalue weighted by molar-refractivity contribution is 14.0. The van der Waals surface area contributed by atoms with Gasteiger partial charge >= 0.3 is 0 Å². The number of hydrogen-bond acceptors (Lipinski definition) is 3. The lowest BCUT2D eigenvalue weighted by molar-refractivity contribution is 0.422. The van der Waals surface area contributed by atoms with Gasteiger partial charge in [0.25, 0.3) is 0 Å². The molecule has 0 bridgehead atoms. The van der Waals surface area contributed by atoms with Gasteiger partial charge in [-0.15, -0.1) is 24.0 Å². The van der Waals surface area contributed by atoms with E-state index < -0.39 is 0 Å². The summed E-state index contributed by atoms with van der Waals surface area (Å²) in [6.07, 6.45) is 3.90. The predicted molar refractivity (Wildman–Crippen MR) is 99.2 cm³/mol. The van der Waals surface area contributed by atoms with Gasteiger partial charge in [0, 0.05) is 58.1 Å². The molecule has 0 radical (unpaired) electrons. The molecule has 1 rings (SSSR count). The van der Waals surface area contributed by atoms with Gasteiger partial charge in [0.05, 0.1) is 6.20 Å². The van der Waals surface area contributed by atoms with Crippen molar-refractivity contribution in [3.8, 4) is 0 Å². The maximum atomic E-state index is 4.30. The second kappa shape index (κ2) is 9.24. The molecule has 0 saturated heterocycles. The van der Waals surface area contributed by atoms with Crippen LogP contribution >= 0.6 is 24.0 Å². The van der Waals surface area contributed by atoms with E-state index in [0.29, 0.717) is 0 Å². The Bertz CT molecular complexity index is 435. The molecule has 6 nitrogen and oxygen atoms in total. The Morgan fingerprint density at radius 1 is 1.38 bits per heavy atom. The van der Waals surface area contributed by atoms with E-state index in [0.717, 1.165) is 25.6 Å². The minimum Gasteiger partial charge on any atom is -0.355 e. The van der Waals surface area contributed by atoms with E-state index >= 15 is 0 Å². The van der Waals surface area contributed by atoms with Crippen LogP contribution < -0.4 is 10.6 Å². The molecule has 0 amide bonds. The quantitative estimate of drug-likeness (QED) is 0.335. The van der Waals surface area contributed by atoms with Crippen molar-refractivity contribution < 1.29 is 0 Å². The number of rotatable bonds is 5. The van der Waals surface area contributed by atoms with E-state index in [2.05, 4.69) is 46.4 Å². The number of nitrogens with zero attached hydrogens (tertiary/aromatic N) is 4. The van der Waals surface area contributed by atoms with Gasteiger partial charge in [0.15, 0.2) is 5.96 Å². The maximum absolute atomic E-state index is 4.30. The Labute approximate surface area is 145 Å². The Hall–Kier alpha value is -0.830. The Morgan fingerprint density at radius 2 is 2.05 bits per heavy atom. The summed E-state index contributed by atoms with van der Waals surface area (Å²) in [6, 6.07) is 0. The molecule has 0 aromatic carbocycles. The summed E-state index contributed by atoms with van der Waals surface area (Å²) in [6.45, 7) is 9.04. The van der Waals surface area contributed by atoms with Crippen molar-refractivity contribution in [3.05, 3.63) is 18.0 Å². The maximum Gasteiger partial charge on any atom is 0.193 e. The van der Waals surface area contributed by atoms with Crippen LogP contribution in [0.5, 0.6) is 0 Å². The third-order valence-corrected chi connectivity index (χ3v) is 2.81. The number of hydrogen-bond donors (Lipinski definition) is 2. The van der Waals surface area contributed by atoms with Crippen LogP contribution in [0.3, 0.4) is 0 Å². The van der Waals surface area contributed by atoms with E-state index in [1.165, 1.54) is 5.56 Å². The first-order valence-electron chi connectivity index (χ1n) is 6.96. The van der Waals surface area contributed by atoms with Gasteiger partial charge < -0.3 is 15.5 Å². The molecule has 0 aliphatic heterocycles. The van der Waals surface area contributed by atoms with E-state index in [-0.39, 0.29) is 29.5 Å². The Morgan fingerprint density at radius 3 is 2.52 bits per heavy atom. The molecule has 0 spiro atoms. The average molecular weight is 408 g/mol. The molecule has 0 saturated carbocycles. The SMILES string of the molecule is CN=C(NCCNC(C)(C)C)N(C)Cc1cnn(C)c1.I. The van der Waals surface area contributed by atoms with Crippen LogP contribution in [0.4, 0.5) is 0 Å². The van der Waals surface area contributed by atoms with Crippen LogP contribution in [0, 0.1) is 0 Å². The van der Waals surface area contributed by atoms with Crippen molar-refractivity contribution >= 4 is 29.9 Å². The molecular weight excluding hydrogens is 379 g/mol. The molecule has 0 aliphatic carbocycles. The lowest BCUT2D eigenvalue weighted by Crippen LogP contribution is -2.44. The molecule has 0 unspecified atom stereocenters. The first-order chi connectivity index (χ1) is 9.31. The number of aryl methyl sites for hydroxylation is 1. The summed E-state index contributed by atoms with van der Waals surface area (Å²) in [5.74, 6) is 0.893. The molecule has 122 valence electrons.